The molecule has 0 fully saturated rings. The first-order valence-electron chi connectivity index (χ1n) is 6.65. The van der Waals surface area contributed by atoms with Crippen LogP contribution in [0.4, 0.5) is 26.7 Å². The molecule has 0 atom stereocenters. The monoisotopic (exact) mass is 352 g/mol. The minimum Gasteiger partial charge on any atom is -0.243 e. The van der Waals surface area contributed by atoms with Crippen LogP contribution in [0, 0.1) is 5.41 Å². The van der Waals surface area contributed by atoms with Gasteiger partial charge >= 0.3 is 18.1 Å². The predicted molar refractivity (Wildman–Crippen MR) is 69.3 cm³/mol. The third kappa shape index (κ3) is 3.26. The SMILES string of the molecule is CC(C)(C)Cc1c(C(F)(F)C(F)(F)F)nnn1C(=O)n1ccnn1. The fourth-order valence-corrected chi connectivity index (χ4v) is 1.90. The van der Waals surface area contributed by atoms with Gasteiger partial charge in [-0.25, -0.2) is 4.79 Å². The third-order valence-electron chi connectivity index (χ3n) is 2.91. The first-order chi connectivity index (χ1) is 10.8. The van der Waals surface area contributed by atoms with Gasteiger partial charge in [-0.3, -0.25) is 0 Å². The Balaban J connectivity index is 2.60. The van der Waals surface area contributed by atoms with Crippen LogP contribution < -0.4 is 0 Å². The summed E-state index contributed by atoms with van der Waals surface area (Å²) in [6, 6.07) is -1.07. The highest BCUT2D eigenvalue weighted by atomic mass is 19.4. The molecule has 0 aliphatic heterocycles. The summed E-state index contributed by atoms with van der Waals surface area (Å²) in [5, 5.41) is 12.9. The first-order valence-corrected chi connectivity index (χ1v) is 6.65. The van der Waals surface area contributed by atoms with E-state index in [1.54, 1.807) is 20.8 Å². The van der Waals surface area contributed by atoms with Crippen LogP contribution >= 0.6 is 0 Å². The molecule has 0 aromatic carbocycles. The van der Waals surface area contributed by atoms with Crippen LogP contribution in [-0.4, -0.2) is 42.2 Å². The molecular weight excluding hydrogens is 339 g/mol. The van der Waals surface area contributed by atoms with E-state index >= 15 is 0 Å². The van der Waals surface area contributed by atoms with Crippen molar-refractivity contribution in [3.05, 3.63) is 23.8 Å². The largest absolute Gasteiger partial charge is 0.459 e. The number of nitrogens with zero attached hydrogens (tertiary/aromatic N) is 6. The van der Waals surface area contributed by atoms with E-state index in [0.29, 0.717) is 9.36 Å². The standard InChI is InChI=1S/C12H13F5N6O/c1-10(2,3)6-7-8(11(13,14)12(15,16)17)19-21-23(7)9(24)22-5-4-18-20-22/h4-5H,6H2,1-3H3. The Morgan fingerprint density at radius 3 is 2.21 bits per heavy atom. The van der Waals surface area contributed by atoms with E-state index in [9.17, 15) is 26.7 Å². The van der Waals surface area contributed by atoms with E-state index in [1.165, 1.54) is 0 Å². The molecule has 0 radical (unpaired) electrons. The topological polar surface area (TPSA) is 78.5 Å². The molecular formula is C12H13F5N6O. The van der Waals surface area contributed by atoms with E-state index in [0.717, 1.165) is 12.4 Å². The quantitative estimate of drug-likeness (QED) is 0.777. The number of aromatic nitrogens is 6. The van der Waals surface area contributed by atoms with Crippen molar-refractivity contribution in [2.24, 2.45) is 5.41 Å². The van der Waals surface area contributed by atoms with Crippen molar-refractivity contribution in [1.82, 2.24) is 30.0 Å². The molecule has 2 aromatic rings. The summed E-state index contributed by atoms with van der Waals surface area (Å²) in [6.45, 7) is 4.83. The number of alkyl halides is 5. The number of carbonyl (C=O) groups is 1. The fourth-order valence-electron chi connectivity index (χ4n) is 1.90. The van der Waals surface area contributed by atoms with Crippen LogP contribution in [0.15, 0.2) is 12.4 Å². The molecule has 24 heavy (non-hydrogen) atoms. The molecule has 2 rings (SSSR count). The van der Waals surface area contributed by atoms with Crippen LogP contribution in [0.5, 0.6) is 0 Å². The minimum absolute atomic E-state index is 0.290. The molecule has 132 valence electrons. The maximum atomic E-state index is 13.7. The van der Waals surface area contributed by atoms with Gasteiger partial charge < -0.3 is 0 Å². The lowest BCUT2D eigenvalue weighted by atomic mass is 9.89. The zero-order valence-corrected chi connectivity index (χ0v) is 12.8. The Morgan fingerprint density at radius 1 is 1.12 bits per heavy atom. The molecule has 0 spiro atoms. The molecule has 12 heteroatoms. The van der Waals surface area contributed by atoms with E-state index < -0.39 is 34.9 Å². The highest BCUT2D eigenvalue weighted by Gasteiger charge is 2.62. The normalized spacial score (nSPS) is 13.3. The maximum Gasteiger partial charge on any atom is 0.459 e. The lowest BCUT2D eigenvalue weighted by Crippen LogP contribution is -2.36. The van der Waals surface area contributed by atoms with Gasteiger partial charge in [-0.1, -0.05) is 31.2 Å². The molecule has 0 saturated heterocycles. The molecule has 0 bridgehead atoms. The molecule has 2 heterocycles. The van der Waals surface area contributed by atoms with Gasteiger partial charge in [0.05, 0.1) is 18.1 Å². The maximum absolute atomic E-state index is 13.7. The predicted octanol–water partition coefficient (Wildman–Crippen LogP) is 2.63. The van der Waals surface area contributed by atoms with Crippen LogP contribution in [0.25, 0.3) is 0 Å². The van der Waals surface area contributed by atoms with Crippen molar-refractivity contribution < 1.29 is 26.7 Å². The van der Waals surface area contributed by atoms with Gasteiger partial charge in [-0.2, -0.15) is 31.3 Å². The van der Waals surface area contributed by atoms with Crippen LogP contribution in [-0.2, 0) is 12.3 Å². The Labute approximate surface area is 132 Å². The number of rotatable bonds is 2. The van der Waals surface area contributed by atoms with Gasteiger partial charge in [0.2, 0.25) is 0 Å². The summed E-state index contributed by atoms with van der Waals surface area (Å²) >= 11 is 0. The lowest BCUT2D eigenvalue weighted by Gasteiger charge is -2.22. The van der Waals surface area contributed by atoms with E-state index in [-0.39, 0.29) is 6.42 Å². The summed E-state index contributed by atoms with van der Waals surface area (Å²) in [7, 11) is 0. The molecule has 0 aliphatic carbocycles. The van der Waals surface area contributed by atoms with Crippen molar-refractivity contribution in [1.29, 1.82) is 0 Å². The molecule has 0 amide bonds. The third-order valence-corrected chi connectivity index (χ3v) is 2.91. The second-order valence-corrected chi connectivity index (χ2v) is 6.24. The van der Waals surface area contributed by atoms with Crippen LogP contribution in [0.1, 0.15) is 32.2 Å². The van der Waals surface area contributed by atoms with Gasteiger partial charge in [-0.15, -0.1) is 10.2 Å². The Hall–Kier alpha value is -2.40. The number of carbonyl (C=O) groups excluding carboxylic acids is 1. The number of hydrogen-bond acceptors (Lipinski definition) is 5. The minimum atomic E-state index is -5.86. The molecule has 2 aromatic heterocycles. The molecule has 0 N–H and O–H groups in total. The molecule has 0 saturated carbocycles. The van der Waals surface area contributed by atoms with Crippen molar-refractivity contribution in [2.75, 3.05) is 0 Å². The summed E-state index contributed by atoms with van der Waals surface area (Å²) in [6.07, 6.45) is -3.91. The summed E-state index contributed by atoms with van der Waals surface area (Å²) in [5.74, 6) is -5.24. The average Bonchev–Trinajstić information content (AvgIpc) is 3.03. The van der Waals surface area contributed by atoms with Crippen molar-refractivity contribution in [2.45, 2.75) is 39.3 Å². The van der Waals surface area contributed by atoms with Crippen molar-refractivity contribution >= 4 is 6.03 Å². The second kappa shape index (κ2) is 5.60. The Kier molecular flexibility index (Phi) is 4.19. The average molecular weight is 352 g/mol. The Morgan fingerprint density at radius 2 is 1.75 bits per heavy atom. The van der Waals surface area contributed by atoms with Gasteiger partial charge in [0.25, 0.3) is 0 Å². The smallest absolute Gasteiger partial charge is 0.243 e. The van der Waals surface area contributed by atoms with E-state index in [4.69, 9.17) is 0 Å². The zero-order valence-electron chi connectivity index (χ0n) is 12.8. The van der Waals surface area contributed by atoms with Crippen LogP contribution in [0.3, 0.4) is 0 Å². The van der Waals surface area contributed by atoms with Gasteiger partial charge in [0.1, 0.15) is 0 Å². The van der Waals surface area contributed by atoms with Crippen LogP contribution in [0.2, 0.25) is 0 Å². The number of hydrogen-bond donors (Lipinski definition) is 0. The second-order valence-electron chi connectivity index (χ2n) is 6.24. The van der Waals surface area contributed by atoms with Crippen molar-refractivity contribution in [3.8, 4) is 0 Å². The van der Waals surface area contributed by atoms with E-state index in [2.05, 4.69) is 20.6 Å². The highest BCUT2D eigenvalue weighted by molar-refractivity contribution is 5.78. The van der Waals surface area contributed by atoms with Gasteiger partial charge in [0, 0.05) is 0 Å². The number of halogens is 5. The Bertz CT molecular complexity index is 728. The summed E-state index contributed by atoms with van der Waals surface area (Å²) in [5.41, 5.74) is -2.94. The molecule has 0 aliphatic rings. The molecule has 0 unspecified atom stereocenters. The summed E-state index contributed by atoms with van der Waals surface area (Å²) in [4.78, 5) is 12.2. The molecule has 7 nitrogen and oxygen atoms in total. The van der Waals surface area contributed by atoms with E-state index in [1.807, 2.05) is 0 Å². The fraction of sp³-hybridized carbons (Fsp3) is 0.583. The lowest BCUT2D eigenvalue weighted by molar-refractivity contribution is -0.291. The summed E-state index contributed by atoms with van der Waals surface area (Å²) < 4.78 is 66.5. The zero-order chi connectivity index (χ0) is 18.3. The van der Waals surface area contributed by atoms with Gasteiger partial charge in [0.15, 0.2) is 5.69 Å². The first kappa shape index (κ1) is 17.9. The van der Waals surface area contributed by atoms with Gasteiger partial charge in [-0.05, 0) is 11.8 Å². The highest BCUT2D eigenvalue weighted by Crippen LogP contribution is 2.44. The van der Waals surface area contributed by atoms with Crippen molar-refractivity contribution in [3.63, 3.8) is 0 Å².